The Morgan fingerprint density at radius 3 is 1.95 bits per heavy atom. The van der Waals surface area contributed by atoms with Crippen LogP contribution < -0.4 is 0 Å². The Bertz CT molecular complexity index is 325. The van der Waals surface area contributed by atoms with Crippen molar-refractivity contribution in [3.8, 4) is 0 Å². The fraction of sp³-hybridized carbons (Fsp3) is 0.769. The first-order valence-electron chi connectivity index (χ1n) is 6.94. The van der Waals surface area contributed by atoms with Crippen molar-refractivity contribution in [1.29, 1.82) is 0 Å². The van der Waals surface area contributed by atoms with Crippen LogP contribution in [0.2, 0.25) is 6.04 Å². The van der Waals surface area contributed by atoms with Crippen LogP contribution in [0.5, 0.6) is 0 Å². The SMILES string of the molecule is CCO[Si](CCCCC(=C=S)C(=O)O)(OCC)OCC. The Balaban J connectivity index is 4.38. The van der Waals surface area contributed by atoms with Crippen LogP contribution in [0, 0.1) is 0 Å². The van der Waals surface area contributed by atoms with E-state index in [2.05, 4.69) is 17.2 Å². The molecular weight excluding hydrogens is 296 g/mol. The third-order valence-electron chi connectivity index (χ3n) is 2.63. The van der Waals surface area contributed by atoms with Gasteiger partial charge in [0, 0.05) is 25.9 Å². The molecule has 0 aliphatic carbocycles. The number of carboxylic acids is 1. The highest BCUT2D eigenvalue weighted by molar-refractivity contribution is 7.78. The molecule has 0 aromatic carbocycles. The van der Waals surface area contributed by atoms with Crippen molar-refractivity contribution in [2.75, 3.05) is 19.8 Å². The standard InChI is InChI=1S/C13H24O5SSi/c1-4-16-20(17-5-2,18-6-3)10-8-7-9-12(11-19)13(14)15/h4-10H2,1-3H3,(H,14,15). The normalized spacial score (nSPS) is 11.2. The van der Waals surface area contributed by atoms with E-state index in [0.717, 1.165) is 6.42 Å². The molecule has 20 heavy (non-hydrogen) atoms. The molecule has 116 valence electrons. The molecule has 0 amide bonds. The van der Waals surface area contributed by atoms with Crippen LogP contribution in [-0.4, -0.2) is 44.7 Å². The molecule has 7 heteroatoms. The van der Waals surface area contributed by atoms with Gasteiger partial charge in [-0.25, -0.2) is 4.79 Å². The predicted molar refractivity (Wildman–Crippen MR) is 83.0 cm³/mol. The summed E-state index contributed by atoms with van der Waals surface area (Å²) in [6.07, 6.45) is 1.89. The Hall–Kier alpha value is -0.563. The van der Waals surface area contributed by atoms with E-state index in [1.165, 1.54) is 0 Å². The molecule has 0 aromatic heterocycles. The minimum atomic E-state index is -2.61. The number of hydrogen-bond acceptors (Lipinski definition) is 5. The average molecular weight is 320 g/mol. The molecule has 5 nitrogen and oxygen atoms in total. The predicted octanol–water partition coefficient (Wildman–Crippen LogP) is 2.81. The zero-order valence-electron chi connectivity index (χ0n) is 12.4. The molecule has 0 saturated carbocycles. The molecule has 0 aromatic rings. The zero-order valence-corrected chi connectivity index (χ0v) is 14.3. The lowest BCUT2D eigenvalue weighted by Crippen LogP contribution is -2.45. The summed E-state index contributed by atoms with van der Waals surface area (Å²) < 4.78 is 17.2. The molecule has 0 aliphatic rings. The van der Waals surface area contributed by atoms with Gasteiger partial charge in [0.15, 0.2) is 0 Å². The number of hydrogen-bond donors (Lipinski definition) is 1. The summed E-state index contributed by atoms with van der Waals surface area (Å²) in [5.74, 6) is -0.997. The van der Waals surface area contributed by atoms with Gasteiger partial charge in [0.1, 0.15) is 0 Å². The maximum absolute atomic E-state index is 10.8. The van der Waals surface area contributed by atoms with Crippen LogP contribution in [-0.2, 0) is 18.1 Å². The van der Waals surface area contributed by atoms with E-state index >= 15 is 0 Å². The van der Waals surface area contributed by atoms with Gasteiger partial charge in [-0.1, -0.05) is 0 Å². The van der Waals surface area contributed by atoms with Crippen LogP contribution in [0.4, 0.5) is 0 Å². The smallest absolute Gasteiger partial charge is 0.477 e. The summed E-state index contributed by atoms with van der Waals surface area (Å²) in [4.78, 5) is 10.8. The molecule has 0 radical (unpaired) electrons. The summed E-state index contributed by atoms with van der Waals surface area (Å²) in [5, 5.41) is 11.1. The fourth-order valence-electron chi connectivity index (χ4n) is 1.85. The Morgan fingerprint density at radius 1 is 1.10 bits per heavy atom. The molecule has 1 N–H and O–H groups in total. The molecular formula is C13H24O5SSi. The van der Waals surface area contributed by atoms with Crippen molar-refractivity contribution in [2.24, 2.45) is 0 Å². The number of aliphatic carboxylic acids is 1. The molecule has 0 rings (SSSR count). The maximum atomic E-state index is 10.8. The lowest BCUT2D eigenvalue weighted by Gasteiger charge is -2.28. The van der Waals surface area contributed by atoms with Crippen molar-refractivity contribution >= 4 is 32.0 Å². The van der Waals surface area contributed by atoms with Gasteiger partial charge in [-0.15, -0.1) is 0 Å². The van der Waals surface area contributed by atoms with E-state index in [-0.39, 0.29) is 5.57 Å². The third kappa shape index (κ3) is 7.28. The summed E-state index contributed by atoms with van der Waals surface area (Å²) in [5.41, 5.74) is 0.150. The topological polar surface area (TPSA) is 65.0 Å². The van der Waals surface area contributed by atoms with E-state index < -0.39 is 14.8 Å². The number of thiocarbonyl (C=S) groups is 1. The first kappa shape index (κ1) is 19.4. The van der Waals surface area contributed by atoms with Crippen molar-refractivity contribution < 1.29 is 23.2 Å². The van der Waals surface area contributed by atoms with Gasteiger partial charge in [-0.3, -0.25) is 0 Å². The third-order valence-corrected chi connectivity index (χ3v) is 6.03. The number of carbonyl (C=O) groups is 1. The molecule has 0 aliphatic heterocycles. The van der Waals surface area contributed by atoms with E-state index in [1.807, 2.05) is 20.8 Å². The van der Waals surface area contributed by atoms with E-state index in [4.69, 9.17) is 18.4 Å². The second kappa shape index (κ2) is 11.1. The second-order valence-electron chi connectivity index (χ2n) is 4.07. The van der Waals surface area contributed by atoms with Gasteiger partial charge in [0.05, 0.1) is 5.57 Å². The van der Waals surface area contributed by atoms with Gasteiger partial charge in [0.2, 0.25) is 0 Å². The minimum absolute atomic E-state index is 0.150. The van der Waals surface area contributed by atoms with Gasteiger partial charge in [-0.05, 0) is 57.3 Å². The zero-order chi connectivity index (χ0) is 15.4. The molecule has 0 atom stereocenters. The largest absolute Gasteiger partial charge is 0.500 e. The number of carboxylic acid groups (broad SMARTS) is 1. The van der Waals surface area contributed by atoms with Crippen LogP contribution in [0.1, 0.15) is 40.0 Å². The van der Waals surface area contributed by atoms with Gasteiger partial charge in [0.25, 0.3) is 0 Å². The number of rotatable bonds is 12. The minimum Gasteiger partial charge on any atom is -0.477 e. The summed E-state index contributed by atoms with van der Waals surface area (Å²) in [6.45, 7) is 7.39. The summed E-state index contributed by atoms with van der Waals surface area (Å²) in [6, 6.07) is 0.687. The fourth-order valence-corrected chi connectivity index (χ4v) is 4.72. The van der Waals surface area contributed by atoms with E-state index in [9.17, 15) is 4.79 Å². The first-order valence-corrected chi connectivity index (χ1v) is 9.28. The Kier molecular flexibility index (Phi) is 10.8. The van der Waals surface area contributed by atoms with E-state index in [0.29, 0.717) is 38.7 Å². The highest BCUT2D eigenvalue weighted by Gasteiger charge is 2.39. The monoisotopic (exact) mass is 320 g/mol. The number of unbranched alkanes of at least 4 members (excludes halogenated alkanes) is 1. The maximum Gasteiger partial charge on any atom is 0.500 e. The van der Waals surface area contributed by atoms with Gasteiger partial charge in [-0.2, -0.15) is 0 Å². The highest BCUT2D eigenvalue weighted by atomic mass is 32.1. The van der Waals surface area contributed by atoms with Gasteiger partial charge >= 0.3 is 14.8 Å². The second-order valence-corrected chi connectivity index (χ2v) is 7.01. The van der Waals surface area contributed by atoms with Crippen LogP contribution in [0.3, 0.4) is 0 Å². The Morgan fingerprint density at radius 2 is 1.60 bits per heavy atom. The molecule has 0 unspecified atom stereocenters. The summed E-state index contributed by atoms with van der Waals surface area (Å²) in [7, 11) is -2.61. The summed E-state index contributed by atoms with van der Waals surface area (Å²) >= 11 is 4.56. The van der Waals surface area contributed by atoms with Gasteiger partial charge < -0.3 is 18.4 Å². The van der Waals surface area contributed by atoms with Crippen molar-refractivity contribution in [3.05, 3.63) is 5.57 Å². The van der Waals surface area contributed by atoms with Crippen molar-refractivity contribution in [3.63, 3.8) is 0 Å². The quantitative estimate of drug-likeness (QED) is 0.258. The molecule has 0 saturated heterocycles. The van der Waals surface area contributed by atoms with E-state index in [1.54, 1.807) is 0 Å². The van der Waals surface area contributed by atoms with Crippen LogP contribution >= 0.6 is 12.2 Å². The first-order chi connectivity index (χ1) is 9.55. The van der Waals surface area contributed by atoms with Crippen molar-refractivity contribution in [1.82, 2.24) is 0 Å². The van der Waals surface area contributed by atoms with Crippen LogP contribution in [0.25, 0.3) is 0 Å². The highest BCUT2D eigenvalue weighted by Crippen LogP contribution is 2.20. The van der Waals surface area contributed by atoms with Crippen molar-refractivity contribution in [2.45, 2.75) is 46.1 Å². The molecule has 0 spiro atoms. The van der Waals surface area contributed by atoms with Crippen LogP contribution in [0.15, 0.2) is 5.57 Å². The lowest BCUT2D eigenvalue weighted by atomic mass is 10.1. The lowest BCUT2D eigenvalue weighted by molar-refractivity contribution is -0.132. The average Bonchev–Trinajstić information content (AvgIpc) is 2.39. The molecule has 0 fully saturated rings. The molecule has 0 heterocycles. The Labute approximate surface area is 127 Å². The molecule has 0 bridgehead atoms.